The maximum Gasteiger partial charge on any atom is 0.267 e. The molecule has 0 unspecified atom stereocenters. The van der Waals surface area contributed by atoms with Gasteiger partial charge in [-0.25, -0.2) is 17.7 Å². The van der Waals surface area contributed by atoms with Crippen molar-refractivity contribution in [2.45, 2.75) is 33.1 Å². The number of aromatic nitrogens is 1. The molecule has 2 aromatic rings. The molecule has 1 heterocycles. The Hall–Kier alpha value is -1.93. The fourth-order valence-electron chi connectivity index (χ4n) is 2.19. The fourth-order valence-corrected chi connectivity index (χ4v) is 3.87. The third-order valence-corrected chi connectivity index (χ3v) is 6.31. The number of hydrogen-bond acceptors (Lipinski definition) is 5. The van der Waals surface area contributed by atoms with Crippen molar-refractivity contribution < 1.29 is 13.2 Å². The van der Waals surface area contributed by atoms with Gasteiger partial charge in [0.05, 0.1) is 11.9 Å². The van der Waals surface area contributed by atoms with Crippen LogP contribution in [0.3, 0.4) is 0 Å². The summed E-state index contributed by atoms with van der Waals surface area (Å²) in [6.07, 6.45) is 4.42. The largest absolute Gasteiger partial charge is 0.321 e. The van der Waals surface area contributed by atoms with Crippen molar-refractivity contribution >= 4 is 38.1 Å². The van der Waals surface area contributed by atoms with E-state index in [4.69, 9.17) is 0 Å². The molecule has 8 heteroatoms. The van der Waals surface area contributed by atoms with Crippen molar-refractivity contribution in [3.05, 3.63) is 40.4 Å². The van der Waals surface area contributed by atoms with Crippen LogP contribution in [0.5, 0.6) is 0 Å². The average molecular weight is 382 g/mol. The van der Waals surface area contributed by atoms with Gasteiger partial charge in [0.1, 0.15) is 4.88 Å². The zero-order chi connectivity index (χ0) is 18.6. The highest BCUT2D eigenvalue weighted by molar-refractivity contribution is 7.92. The Morgan fingerprint density at radius 3 is 2.48 bits per heavy atom. The SMILES string of the molecule is CCCCc1ccc(NC(=O)c2sc(N(C)S(C)(=O)=O)nc2C)cc1. The summed E-state index contributed by atoms with van der Waals surface area (Å²) >= 11 is 1.06. The molecule has 0 saturated carbocycles. The van der Waals surface area contributed by atoms with Gasteiger partial charge in [-0.1, -0.05) is 36.8 Å². The molecule has 1 aromatic carbocycles. The van der Waals surface area contributed by atoms with Gasteiger partial charge in [-0.2, -0.15) is 0 Å². The molecular formula is C17H23N3O3S2. The van der Waals surface area contributed by atoms with E-state index in [9.17, 15) is 13.2 Å². The second-order valence-corrected chi connectivity index (χ2v) is 8.89. The molecule has 0 saturated heterocycles. The smallest absolute Gasteiger partial charge is 0.267 e. The van der Waals surface area contributed by atoms with Crippen molar-refractivity contribution in [1.82, 2.24) is 4.98 Å². The number of unbranched alkanes of at least 4 members (excludes halogenated alkanes) is 1. The van der Waals surface area contributed by atoms with Crippen molar-refractivity contribution in [3.8, 4) is 0 Å². The van der Waals surface area contributed by atoms with E-state index in [0.29, 0.717) is 16.3 Å². The highest BCUT2D eigenvalue weighted by Crippen LogP contribution is 2.27. The summed E-state index contributed by atoms with van der Waals surface area (Å²) in [4.78, 5) is 17.1. The van der Waals surface area contributed by atoms with E-state index in [1.54, 1.807) is 6.92 Å². The topological polar surface area (TPSA) is 79.4 Å². The zero-order valence-corrected chi connectivity index (χ0v) is 16.5. The minimum atomic E-state index is -3.41. The Labute approximate surface area is 153 Å². The molecule has 136 valence electrons. The number of sulfonamides is 1. The highest BCUT2D eigenvalue weighted by Gasteiger charge is 2.21. The maximum atomic E-state index is 12.5. The van der Waals surface area contributed by atoms with Gasteiger partial charge >= 0.3 is 0 Å². The maximum absolute atomic E-state index is 12.5. The van der Waals surface area contributed by atoms with Crippen molar-refractivity contribution in [2.24, 2.45) is 0 Å². The Kier molecular flexibility index (Phi) is 6.18. The first-order valence-corrected chi connectivity index (χ1v) is 10.7. The van der Waals surface area contributed by atoms with E-state index < -0.39 is 10.0 Å². The van der Waals surface area contributed by atoms with Crippen LogP contribution in [-0.4, -0.2) is 32.6 Å². The quantitative estimate of drug-likeness (QED) is 0.797. The number of rotatable bonds is 7. The van der Waals surface area contributed by atoms with Gasteiger partial charge in [-0.15, -0.1) is 0 Å². The van der Waals surface area contributed by atoms with Crippen LogP contribution in [-0.2, 0) is 16.4 Å². The number of aryl methyl sites for hydroxylation is 2. The first-order valence-electron chi connectivity index (χ1n) is 8.04. The molecule has 0 spiro atoms. The molecule has 6 nitrogen and oxygen atoms in total. The van der Waals surface area contributed by atoms with Crippen LogP contribution >= 0.6 is 11.3 Å². The summed E-state index contributed by atoms with van der Waals surface area (Å²) in [7, 11) is -1.99. The molecule has 0 aliphatic rings. The number of benzene rings is 1. The lowest BCUT2D eigenvalue weighted by molar-refractivity contribution is 0.103. The summed E-state index contributed by atoms with van der Waals surface area (Å²) in [6, 6.07) is 7.77. The molecule has 1 N–H and O–H groups in total. The average Bonchev–Trinajstić information content (AvgIpc) is 2.94. The van der Waals surface area contributed by atoms with Crippen LogP contribution in [0, 0.1) is 6.92 Å². The van der Waals surface area contributed by atoms with Crippen molar-refractivity contribution in [1.29, 1.82) is 0 Å². The van der Waals surface area contributed by atoms with Gasteiger partial charge in [0.2, 0.25) is 10.0 Å². The third-order valence-electron chi connectivity index (χ3n) is 3.79. The number of thiazole rings is 1. The Bertz CT molecular complexity index is 843. The molecule has 1 aromatic heterocycles. The summed E-state index contributed by atoms with van der Waals surface area (Å²) in [6.45, 7) is 3.85. The van der Waals surface area contributed by atoms with Crippen molar-refractivity contribution in [2.75, 3.05) is 22.9 Å². The van der Waals surface area contributed by atoms with Gasteiger partial charge < -0.3 is 5.32 Å². The predicted molar refractivity (Wildman–Crippen MR) is 103 cm³/mol. The summed E-state index contributed by atoms with van der Waals surface area (Å²) in [5.41, 5.74) is 2.45. The van der Waals surface area contributed by atoms with Gasteiger partial charge in [-0.05, 0) is 37.5 Å². The van der Waals surface area contributed by atoms with Gasteiger partial charge in [0.15, 0.2) is 5.13 Å². The molecule has 25 heavy (non-hydrogen) atoms. The first-order chi connectivity index (χ1) is 11.7. The van der Waals surface area contributed by atoms with Gasteiger partial charge in [0, 0.05) is 12.7 Å². The Morgan fingerprint density at radius 2 is 1.92 bits per heavy atom. The monoisotopic (exact) mass is 381 g/mol. The number of carbonyl (C=O) groups excluding carboxylic acids is 1. The Balaban J connectivity index is 2.12. The lowest BCUT2D eigenvalue weighted by Gasteiger charge is -2.11. The molecular weight excluding hydrogens is 358 g/mol. The van der Waals surface area contributed by atoms with Crippen molar-refractivity contribution in [3.63, 3.8) is 0 Å². The van der Waals surface area contributed by atoms with Crippen LogP contribution < -0.4 is 9.62 Å². The fraction of sp³-hybridized carbons (Fsp3) is 0.412. The van der Waals surface area contributed by atoms with E-state index in [0.717, 1.165) is 41.2 Å². The van der Waals surface area contributed by atoms with E-state index in [1.165, 1.54) is 12.6 Å². The standard InChI is InChI=1S/C17H23N3O3S2/c1-5-6-7-13-8-10-14(11-9-13)19-16(21)15-12(2)18-17(24-15)20(3)25(4,22)23/h8-11H,5-7H2,1-4H3,(H,19,21). The lowest BCUT2D eigenvalue weighted by Crippen LogP contribution is -2.24. The van der Waals surface area contributed by atoms with Crippen LogP contribution in [0.1, 0.15) is 40.7 Å². The normalized spacial score (nSPS) is 11.4. The van der Waals surface area contributed by atoms with Crippen LogP contribution in [0.25, 0.3) is 0 Å². The molecule has 2 rings (SSSR count). The molecule has 0 bridgehead atoms. The number of nitrogens with one attached hydrogen (secondary N) is 1. The van der Waals surface area contributed by atoms with Gasteiger partial charge in [0.25, 0.3) is 5.91 Å². The van der Waals surface area contributed by atoms with Gasteiger partial charge in [-0.3, -0.25) is 4.79 Å². The number of nitrogens with zero attached hydrogens (tertiary/aromatic N) is 2. The van der Waals surface area contributed by atoms with Crippen LogP contribution in [0.4, 0.5) is 10.8 Å². The molecule has 0 aliphatic heterocycles. The number of hydrogen-bond donors (Lipinski definition) is 1. The summed E-state index contributed by atoms with van der Waals surface area (Å²) in [5.74, 6) is -0.288. The van der Waals surface area contributed by atoms with Crippen LogP contribution in [0.15, 0.2) is 24.3 Å². The summed E-state index contributed by atoms with van der Waals surface area (Å²) in [5, 5.41) is 3.11. The number of amides is 1. The van der Waals surface area contributed by atoms with E-state index in [2.05, 4.69) is 17.2 Å². The van der Waals surface area contributed by atoms with E-state index in [-0.39, 0.29) is 11.0 Å². The van der Waals surface area contributed by atoms with Crippen LogP contribution in [0.2, 0.25) is 0 Å². The number of anilines is 2. The lowest BCUT2D eigenvalue weighted by atomic mass is 10.1. The molecule has 1 amide bonds. The second kappa shape index (κ2) is 7.97. The molecule has 0 radical (unpaired) electrons. The highest BCUT2D eigenvalue weighted by atomic mass is 32.2. The molecule has 0 atom stereocenters. The van der Waals surface area contributed by atoms with E-state index >= 15 is 0 Å². The summed E-state index contributed by atoms with van der Waals surface area (Å²) < 4.78 is 24.3. The molecule has 0 fully saturated rings. The second-order valence-electron chi connectivity index (χ2n) is 5.90. The molecule has 0 aliphatic carbocycles. The predicted octanol–water partition coefficient (Wildman–Crippen LogP) is 3.44. The number of carbonyl (C=O) groups is 1. The first kappa shape index (κ1) is 19.4. The zero-order valence-electron chi connectivity index (χ0n) is 14.9. The third kappa shape index (κ3) is 5.02. The minimum Gasteiger partial charge on any atom is -0.321 e. The minimum absolute atomic E-state index is 0.278. The van der Waals surface area contributed by atoms with E-state index in [1.807, 2.05) is 24.3 Å². The Morgan fingerprint density at radius 1 is 1.28 bits per heavy atom.